The van der Waals surface area contributed by atoms with Crippen molar-refractivity contribution in [3.63, 3.8) is 0 Å². The van der Waals surface area contributed by atoms with Crippen molar-refractivity contribution in [2.75, 3.05) is 37.7 Å². The summed E-state index contributed by atoms with van der Waals surface area (Å²) in [6.07, 6.45) is 13.5. The van der Waals surface area contributed by atoms with Gasteiger partial charge in [-0.05, 0) is 66.8 Å². The molecule has 1 aliphatic rings. The largest absolute Gasteiger partial charge is 0.455 e. The zero-order valence-electron chi connectivity index (χ0n) is 27.0. The maximum absolute atomic E-state index is 13.2. The topological polar surface area (TPSA) is 65.8 Å². The lowest BCUT2D eigenvalue weighted by Crippen LogP contribution is -2.39. The molecule has 1 fully saturated rings. The first-order chi connectivity index (χ1) is 22.9. The summed E-state index contributed by atoms with van der Waals surface area (Å²) < 4.78 is 21.2. The number of rotatable bonds is 7. The first-order valence-electron chi connectivity index (χ1n) is 15.5. The Morgan fingerprint density at radius 2 is 1.45 bits per heavy atom. The van der Waals surface area contributed by atoms with Crippen LogP contribution in [0.25, 0.3) is 22.3 Å². The lowest BCUT2D eigenvalue weighted by molar-refractivity contribution is -0.132. The minimum atomic E-state index is -0.333. The van der Waals surface area contributed by atoms with E-state index in [1.165, 1.54) is 18.6 Å². The SMILES string of the molecule is C#C.CNC(=O)c1c(-c2ccc(F)cc2)oc2cc(N(C)SC)ccc12.O=C(C(c1ccccc1)c1ccccc1)N1CCCCC1. The van der Waals surface area contributed by atoms with Crippen LogP contribution in [0.3, 0.4) is 0 Å². The second-order valence-electron chi connectivity index (χ2n) is 10.9. The van der Waals surface area contributed by atoms with Crippen LogP contribution < -0.4 is 9.62 Å². The molecule has 1 N–H and O–H groups in total. The number of anilines is 1. The van der Waals surface area contributed by atoms with Crippen LogP contribution in [0, 0.1) is 18.7 Å². The number of furan rings is 1. The molecule has 0 spiro atoms. The van der Waals surface area contributed by atoms with Gasteiger partial charge in [0.2, 0.25) is 5.91 Å². The third-order valence-corrected chi connectivity index (χ3v) is 8.81. The predicted molar refractivity (Wildman–Crippen MR) is 192 cm³/mol. The standard InChI is InChI=1S/C19H21NO.C18H17FN2O2S.C2H2/c21-19(20-14-8-3-9-15-20)18(16-10-4-1-5-11-16)17-12-6-2-7-13-17;1-20-18(22)16-14-9-8-13(21(2)24-3)10-15(14)23-17(16)11-4-6-12(19)7-5-11;1-2/h1-2,4-7,10-13,18H,3,8-9,14-15H2;4-10H,1-3H3,(H,20,22);1-2H. The molecule has 242 valence electrons. The van der Waals surface area contributed by atoms with Crippen molar-refractivity contribution in [3.8, 4) is 24.2 Å². The van der Waals surface area contributed by atoms with Crippen molar-refractivity contribution in [2.24, 2.45) is 0 Å². The first kappa shape index (κ1) is 34.9. The fourth-order valence-electron chi connectivity index (χ4n) is 5.61. The third kappa shape index (κ3) is 8.43. The van der Waals surface area contributed by atoms with Crippen LogP contribution in [0.15, 0.2) is 108 Å². The van der Waals surface area contributed by atoms with Crippen molar-refractivity contribution in [1.29, 1.82) is 0 Å². The summed E-state index contributed by atoms with van der Waals surface area (Å²) in [5, 5.41) is 3.37. The van der Waals surface area contributed by atoms with Gasteiger partial charge in [-0.3, -0.25) is 9.59 Å². The van der Waals surface area contributed by atoms with Gasteiger partial charge in [0.15, 0.2) is 0 Å². The van der Waals surface area contributed by atoms with Crippen molar-refractivity contribution in [1.82, 2.24) is 10.2 Å². The summed E-state index contributed by atoms with van der Waals surface area (Å²) in [6.45, 7) is 1.80. The van der Waals surface area contributed by atoms with Crippen molar-refractivity contribution < 1.29 is 18.4 Å². The van der Waals surface area contributed by atoms with E-state index >= 15 is 0 Å². The molecule has 2 heterocycles. The molecule has 5 aromatic rings. The van der Waals surface area contributed by atoms with Gasteiger partial charge in [0.1, 0.15) is 17.2 Å². The first-order valence-corrected chi connectivity index (χ1v) is 16.6. The Balaban J connectivity index is 0.000000204. The molecule has 6 rings (SSSR count). The average molecular weight is 650 g/mol. The summed E-state index contributed by atoms with van der Waals surface area (Å²) in [5.41, 5.74) is 4.87. The number of nitrogens with zero attached hydrogens (tertiary/aromatic N) is 2. The van der Waals surface area contributed by atoms with Gasteiger partial charge in [-0.15, -0.1) is 12.8 Å². The third-order valence-electron chi connectivity index (χ3n) is 8.05. The molecule has 0 radical (unpaired) electrons. The van der Waals surface area contributed by atoms with Crippen LogP contribution in [-0.4, -0.2) is 50.2 Å². The number of carbonyl (C=O) groups is 2. The van der Waals surface area contributed by atoms with E-state index in [4.69, 9.17) is 4.42 Å². The summed E-state index contributed by atoms with van der Waals surface area (Å²) in [7, 11) is 3.53. The zero-order valence-corrected chi connectivity index (χ0v) is 27.8. The molecular weight excluding hydrogens is 610 g/mol. The summed E-state index contributed by atoms with van der Waals surface area (Å²) in [4.78, 5) is 27.4. The molecule has 1 saturated heterocycles. The number of halogens is 1. The maximum Gasteiger partial charge on any atom is 0.255 e. The van der Waals surface area contributed by atoms with Crippen LogP contribution in [0.4, 0.5) is 10.1 Å². The molecular formula is C39H40FN3O3S. The number of amides is 2. The highest BCUT2D eigenvalue weighted by molar-refractivity contribution is 7.99. The predicted octanol–water partition coefficient (Wildman–Crippen LogP) is 8.39. The molecule has 0 saturated carbocycles. The van der Waals surface area contributed by atoms with Crippen molar-refractivity contribution in [3.05, 3.63) is 126 Å². The Morgan fingerprint density at radius 3 is 1.98 bits per heavy atom. The fourth-order valence-corrected chi connectivity index (χ4v) is 5.93. The van der Waals surface area contributed by atoms with Gasteiger partial charge in [0.05, 0.1) is 17.2 Å². The Kier molecular flexibility index (Phi) is 12.7. The smallest absolute Gasteiger partial charge is 0.255 e. The molecule has 1 aliphatic heterocycles. The molecule has 2 amide bonds. The Hall–Kier alpha value is -5.00. The van der Waals surface area contributed by atoms with E-state index < -0.39 is 0 Å². The highest BCUT2D eigenvalue weighted by Crippen LogP contribution is 2.36. The monoisotopic (exact) mass is 649 g/mol. The van der Waals surface area contributed by atoms with E-state index in [-0.39, 0.29) is 23.5 Å². The van der Waals surface area contributed by atoms with Crippen LogP contribution in [-0.2, 0) is 4.79 Å². The molecule has 0 atom stereocenters. The number of benzene rings is 4. The van der Waals surface area contributed by atoms with E-state index in [0.717, 1.165) is 48.1 Å². The van der Waals surface area contributed by atoms with Gasteiger partial charge in [0, 0.05) is 50.5 Å². The zero-order chi connectivity index (χ0) is 33.8. The second kappa shape index (κ2) is 17.1. The molecule has 0 aliphatic carbocycles. The quantitative estimate of drug-likeness (QED) is 0.142. The molecule has 1 aromatic heterocycles. The number of terminal acetylenes is 1. The highest BCUT2D eigenvalue weighted by atomic mass is 32.2. The van der Waals surface area contributed by atoms with Crippen molar-refractivity contribution in [2.45, 2.75) is 25.2 Å². The van der Waals surface area contributed by atoms with E-state index in [2.05, 4.69) is 42.4 Å². The number of piperidine rings is 1. The second-order valence-corrected chi connectivity index (χ2v) is 11.8. The van der Waals surface area contributed by atoms with Crippen LogP contribution in [0.2, 0.25) is 0 Å². The van der Waals surface area contributed by atoms with Crippen LogP contribution in [0.5, 0.6) is 0 Å². The van der Waals surface area contributed by atoms with Gasteiger partial charge in [0.25, 0.3) is 5.91 Å². The Morgan fingerprint density at radius 1 is 0.872 bits per heavy atom. The molecule has 47 heavy (non-hydrogen) atoms. The van der Waals surface area contributed by atoms with E-state index in [9.17, 15) is 14.0 Å². The number of hydrogen-bond acceptors (Lipinski definition) is 5. The summed E-state index contributed by atoms with van der Waals surface area (Å²) >= 11 is 1.58. The maximum atomic E-state index is 13.2. The van der Waals surface area contributed by atoms with Gasteiger partial charge in [-0.1, -0.05) is 72.6 Å². The average Bonchev–Trinajstić information content (AvgIpc) is 3.52. The number of hydrogen-bond donors (Lipinski definition) is 1. The molecule has 8 heteroatoms. The van der Waals surface area contributed by atoms with E-state index in [0.29, 0.717) is 22.5 Å². The minimum absolute atomic E-state index is 0.175. The molecule has 6 nitrogen and oxygen atoms in total. The minimum Gasteiger partial charge on any atom is -0.455 e. The van der Waals surface area contributed by atoms with Gasteiger partial charge in [-0.2, -0.15) is 0 Å². The molecule has 0 bridgehead atoms. The lowest BCUT2D eigenvalue weighted by atomic mass is 9.89. The van der Waals surface area contributed by atoms with Crippen LogP contribution in [0.1, 0.15) is 46.7 Å². The number of carbonyl (C=O) groups excluding carboxylic acids is 2. The van der Waals surface area contributed by atoms with Crippen molar-refractivity contribution >= 4 is 40.4 Å². The van der Waals surface area contributed by atoms with Crippen LogP contribution >= 0.6 is 11.9 Å². The Bertz CT molecular complexity index is 1730. The molecule has 4 aromatic carbocycles. The normalized spacial score (nSPS) is 12.4. The molecule has 0 unspecified atom stereocenters. The number of nitrogens with one attached hydrogen (secondary N) is 1. The fraction of sp³-hybridized carbons (Fsp3) is 0.231. The van der Waals surface area contributed by atoms with E-state index in [1.54, 1.807) is 31.1 Å². The summed E-state index contributed by atoms with van der Waals surface area (Å²) in [5.74, 6) is -0.0646. The number of fused-ring (bicyclic) bond motifs is 1. The van der Waals surface area contributed by atoms with Gasteiger partial charge in [-0.25, -0.2) is 4.39 Å². The lowest BCUT2D eigenvalue weighted by Gasteiger charge is -2.31. The number of likely N-dealkylation sites (tertiary alicyclic amines) is 1. The Labute approximate surface area is 281 Å². The highest BCUT2D eigenvalue weighted by Gasteiger charge is 2.28. The van der Waals surface area contributed by atoms with Gasteiger partial charge >= 0.3 is 0 Å². The van der Waals surface area contributed by atoms with Gasteiger partial charge < -0.3 is 18.9 Å². The van der Waals surface area contributed by atoms with E-state index in [1.807, 2.05) is 77.1 Å². The summed E-state index contributed by atoms with van der Waals surface area (Å²) in [6, 6.07) is 31.9.